The van der Waals surface area contributed by atoms with E-state index in [4.69, 9.17) is 9.47 Å². The number of carbonyl (C=O) groups is 1. The second-order valence-electron chi connectivity index (χ2n) is 7.27. The molecular weight excluding hydrogens is 418 g/mol. The van der Waals surface area contributed by atoms with Gasteiger partial charge in [-0.1, -0.05) is 0 Å². The number of methoxy groups -OCH3 is 3. The highest BCUT2D eigenvalue weighted by atomic mass is 16.5. The van der Waals surface area contributed by atoms with Gasteiger partial charge < -0.3 is 14.2 Å². The van der Waals surface area contributed by atoms with Crippen molar-refractivity contribution in [2.24, 2.45) is 7.05 Å². The van der Waals surface area contributed by atoms with Crippen LogP contribution < -0.4 is 20.7 Å². The highest BCUT2D eigenvalue weighted by molar-refractivity contribution is 5.78. The summed E-state index contributed by atoms with van der Waals surface area (Å²) in [4.78, 5) is 42.5. The highest BCUT2D eigenvalue weighted by Crippen LogP contribution is 2.32. The van der Waals surface area contributed by atoms with Gasteiger partial charge in [-0.15, -0.1) is 0 Å². The number of rotatable bonds is 5. The summed E-state index contributed by atoms with van der Waals surface area (Å²) in [6.45, 7) is 3.25. The zero-order valence-electron chi connectivity index (χ0n) is 18.6. The van der Waals surface area contributed by atoms with E-state index in [1.165, 1.54) is 18.7 Å². The van der Waals surface area contributed by atoms with E-state index in [-0.39, 0.29) is 11.2 Å². The van der Waals surface area contributed by atoms with E-state index >= 15 is 0 Å². The normalized spacial score (nSPS) is 11.3. The predicted octanol–water partition coefficient (Wildman–Crippen LogP) is 0.946. The lowest BCUT2D eigenvalue weighted by atomic mass is 10.2. The van der Waals surface area contributed by atoms with E-state index in [1.54, 1.807) is 36.8 Å². The first kappa shape index (κ1) is 21.2. The number of hydrogen-bond acceptors (Lipinski definition) is 7. The number of hydrogen-bond donors (Lipinski definition) is 0. The Hall–Kier alpha value is -4.02. The summed E-state index contributed by atoms with van der Waals surface area (Å²) < 4.78 is 21.2. The van der Waals surface area contributed by atoms with Gasteiger partial charge in [-0.2, -0.15) is 4.98 Å². The van der Waals surface area contributed by atoms with Crippen LogP contribution in [0, 0.1) is 13.8 Å². The van der Waals surface area contributed by atoms with Crippen molar-refractivity contribution in [1.29, 1.82) is 0 Å². The number of benzene rings is 1. The zero-order valence-corrected chi connectivity index (χ0v) is 18.6. The van der Waals surface area contributed by atoms with Gasteiger partial charge in [0.1, 0.15) is 18.0 Å². The van der Waals surface area contributed by atoms with E-state index < -0.39 is 23.8 Å². The number of esters is 1. The van der Waals surface area contributed by atoms with Crippen LogP contribution in [0.3, 0.4) is 0 Å². The third-order valence-electron chi connectivity index (χ3n) is 5.66. The molecule has 3 heterocycles. The molecule has 1 aromatic carbocycles. The molecule has 11 heteroatoms. The molecule has 3 aromatic heterocycles. The molecule has 0 aliphatic heterocycles. The number of fused-ring (bicyclic) bond motifs is 3. The van der Waals surface area contributed by atoms with Gasteiger partial charge >= 0.3 is 11.7 Å². The fourth-order valence-electron chi connectivity index (χ4n) is 3.84. The van der Waals surface area contributed by atoms with Gasteiger partial charge in [0, 0.05) is 24.5 Å². The Balaban J connectivity index is 2.15. The Labute approximate surface area is 182 Å². The van der Waals surface area contributed by atoms with Gasteiger partial charge in [0.2, 0.25) is 5.78 Å². The molecule has 0 radical (unpaired) electrons. The van der Waals surface area contributed by atoms with Crippen molar-refractivity contribution in [2.75, 3.05) is 21.3 Å². The Morgan fingerprint density at radius 1 is 1.06 bits per heavy atom. The highest BCUT2D eigenvalue weighted by Gasteiger charge is 2.25. The van der Waals surface area contributed by atoms with Gasteiger partial charge in [0.15, 0.2) is 11.2 Å². The maximum Gasteiger partial charge on any atom is 0.333 e. The van der Waals surface area contributed by atoms with Crippen LogP contribution in [0.25, 0.3) is 22.6 Å². The molecule has 0 bridgehead atoms. The van der Waals surface area contributed by atoms with Gasteiger partial charge in [-0.25, -0.2) is 9.36 Å². The van der Waals surface area contributed by atoms with Crippen molar-refractivity contribution in [3.05, 3.63) is 50.4 Å². The first-order chi connectivity index (χ1) is 15.2. The second kappa shape index (κ2) is 7.59. The molecule has 0 atom stereocenters. The van der Waals surface area contributed by atoms with Crippen LogP contribution in [0.1, 0.15) is 11.4 Å². The molecule has 0 N–H and O–H groups in total. The zero-order chi connectivity index (χ0) is 23.3. The van der Waals surface area contributed by atoms with Crippen LogP contribution in [0.5, 0.6) is 11.5 Å². The summed E-state index contributed by atoms with van der Waals surface area (Å²) in [6, 6.07) is 5.36. The molecule has 4 rings (SSSR count). The Morgan fingerprint density at radius 3 is 2.41 bits per heavy atom. The number of imidazole rings is 2. The summed E-state index contributed by atoms with van der Waals surface area (Å²) in [6.07, 6.45) is 0. The third-order valence-corrected chi connectivity index (χ3v) is 5.66. The molecule has 0 saturated carbocycles. The van der Waals surface area contributed by atoms with Crippen molar-refractivity contribution >= 4 is 22.9 Å². The second-order valence-corrected chi connectivity index (χ2v) is 7.27. The lowest BCUT2D eigenvalue weighted by Gasteiger charge is -2.13. The quantitative estimate of drug-likeness (QED) is 0.424. The number of aryl methyl sites for hydroxylation is 2. The maximum atomic E-state index is 13.3. The van der Waals surface area contributed by atoms with E-state index in [2.05, 4.69) is 9.72 Å². The van der Waals surface area contributed by atoms with E-state index in [9.17, 15) is 14.4 Å². The largest absolute Gasteiger partial charge is 0.497 e. The molecule has 0 amide bonds. The van der Waals surface area contributed by atoms with E-state index in [0.29, 0.717) is 23.0 Å². The Morgan fingerprint density at radius 2 is 1.78 bits per heavy atom. The van der Waals surface area contributed by atoms with Crippen molar-refractivity contribution in [2.45, 2.75) is 20.4 Å². The molecular formula is C21H23N5O6. The molecule has 11 nitrogen and oxygen atoms in total. The SMILES string of the molecule is COC(=O)Cn1c(=O)c2c(nc3n(-c4cc(OC)ccc4OC)c(C)c(C)n23)n(C)c1=O. The lowest BCUT2D eigenvalue weighted by Crippen LogP contribution is -2.41. The van der Waals surface area contributed by atoms with Crippen molar-refractivity contribution in [3.63, 3.8) is 0 Å². The fraction of sp³-hybridized carbons (Fsp3) is 0.333. The molecule has 32 heavy (non-hydrogen) atoms. The number of ether oxygens (including phenoxy) is 3. The average molecular weight is 441 g/mol. The van der Waals surface area contributed by atoms with Crippen LogP contribution in [0.15, 0.2) is 27.8 Å². The summed E-state index contributed by atoms with van der Waals surface area (Å²) >= 11 is 0. The first-order valence-electron chi connectivity index (χ1n) is 9.74. The third kappa shape index (κ3) is 2.88. The summed E-state index contributed by atoms with van der Waals surface area (Å²) in [5, 5.41) is 0. The van der Waals surface area contributed by atoms with Gasteiger partial charge in [-0.3, -0.25) is 23.1 Å². The molecule has 0 spiro atoms. The van der Waals surface area contributed by atoms with Crippen LogP contribution in [-0.2, 0) is 23.1 Å². The topological polar surface area (TPSA) is 111 Å². The molecule has 0 aliphatic carbocycles. The number of aromatic nitrogens is 5. The van der Waals surface area contributed by atoms with E-state index in [1.807, 2.05) is 18.4 Å². The van der Waals surface area contributed by atoms with Crippen LogP contribution >= 0.6 is 0 Å². The molecule has 0 fully saturated rings. The van der Waals surface area contributed by atoms with Crippen molar-refractivity contribution in [3.8, 4) is 17.2 Å². The summed E-state index contributed by atoms with van der Waals surface area (Å²) in [7, 11) is 5.83. The van der Waals surface area contributed by atoms with Gasteiger partial charge in [0.05, 0.1) is 27.0 Å². The Bertz CT molecular complexity index is 1500. The van der Waals surface area contributed by atoms with Crippen LogP contribution in [0.2, 0.25) is 0 Å². The van der Waals surface area contributed by atoms with Crippen LogP contribution in [0.4, 0.5) is 0 Å². The van der Waals surface area contributed by atoms with Crippen molar-refractivity contribution < 1.29 is 19.0 Å². The average Bonchev–Trinajstić information content (AvgIpc) is 3.29. The maximum absolute atomic E-state index is 13.3. The minimum absolute atomic E-state index is 0.187. The smallest absolute Gasteiger partial charge is 0.333 e. The standard InChI is InChI=1S/C21H23N5O6/c1-11-12(2)26-17-18(23(3)21(29)24(19(17)28)10-16(27)32-6)22-20(26)25(11)14-9-13(30-4)7-8-15(14)31-5/h7-9H,10H2,1-6H3. The molecule has 168 valence electrons. The molecule has 0 unspecified atom stereocenters. The molecule has 0 aliphatic rings. The Kier molecular flexibility index (Phi) is 5.03. The van der Waals surface area contributed by atoms with Crippen LogP contribution in [-0.4, -0.2) is 50.4 Å². The first-order valence-corrected chi connectivity index (χ1v) is 9.74. The minimum atomic E-state index is -0.698. The molecule has 4 aromatic rings. The van der Waals surface area contributed by atoms with Gasteiger partial charge in [-0.05, 0) is 26.0 Å². The summed E-state index contributed by atoms with van der Waals surface area (Å²) in [5.74, 6) is 0.921. The van der Waals surface area contributed by atoms with Crippen molar-refractivity contribution in [1.82, 2.24) is 23.1 Å². The number of carbonyl (C=O) groups excluding carboxylic acids is 1. The summed E-state index contributed by atoms with van der Waals surface area (Å²) in [5.41, 5.74) is 1.33. The minimum Gasteiger partial charge on any atom is -0.497 e. The monoisotopic (exact) mass is 441 g/mol. The van der Waals surface area contributed by atoms with E-state index in [0.717, 1.165) is 16.0 Å². The molecule has 0 saturated heterocycles. The number of nitrogens with zero attached hydrogens (tertiary/aromatic N) is 5. The lowest BCUT2D eigenvalue weighted by molar-refractivity contribution is -0.141. The predicted molar refractivity (Wildman–Crippen MR) is 116 cm³/mol. The fourth-order valence-corrected chi connectivity index (χ4v) is 3.84. The van der Waals surface area contributed by atoms with Gasteiger partial charge in [0.25, 0.3) is 5.56 Å².